The summed E-state index contributed by atoms with van der Waals surface area (Å²) in [6.45, 7) is 5.61. The van der Waals surface area contributed by atoms with Crippen LogP contribution in [0, 0.1) is 6.92 Å². The molecule has 7 nitrogen and oxygen atoms in total. The second-order valence-corrected chi connectivity index (χ2v) is 10.1. The fraction of sp³-hybridized carbons (Fsp3) is 0.333. The molecule has 8 heteroatoms. The van der Waals surface area contributed by atoms with Gasteiger partial charge >= 0.3 is 0 Å². The van der Waals surface area contributed by atoms with Crippen molar-refractivity contribution in [1.29, 1.82) is 0 Å². The maximum absolute atomic E-state index is 11.3. The maximum atomic E-state index is 11.3. The minimum absolute atomic E-state index is 0.00525. The lowest BCUT2D eigenvalue weighted by Crippen LogP contribution is -2.24. The molecule has 0 spiro atoms. The van der Waals surface area contributed by atoms with Crippen LogP contribution in [-0.2, 0) is 32.0 Å². The number of aromatic nitrogens is 1. The number of rotatable bonds is 12. The molecule has 0 saturated carbocycles. The number of benzene rings is 2. The zero-order valence-electron chi connectivity index (χ0n) is 20.3. The van der Waals surface area contributed by atoms with E-state index in [0.29, 0.717) is 26.2 Å². The van der Waals surface area contributed by atoms with Crippen LogP contribution in [0.15, 0.2) is 71.1 Å². The second kappa shape index (κ2) is 11.1. The molecule has 35 heavy (non-hydrogen) atoms. The average Bonchev–Trinajstić information content (AvgIpc) is 3.41. The van der Waals surface area contributed by atoms with Gasteiger partial charge in [0.25, 0.3) is 10.1 Å². The van der Waals surface area contributed by atoms with Crippen LogP contribution in [0.1, 0.15) is 18.2 Å². The highest BCUT2D eigenvalue weighted by Crippen LogP contribution is 2.29. The SMILES string of the molecule is CCO[C@H](COS(C)(=O)=O)Cc1ccc(OCCn2c(C)ccc2-c2cc3ccccc3o2)cc1. The van der Waals surface area contributed by atoms with E-state index in [4.69, 9.17) is 18.1 Å². The first-order valence-corrected chi connectivity index (χ1v) is 13.5. The van der Waals surface area contributed by atoms with Gasteiger partial charge in [0, 0.05) is 24.1 Å². The first-order chi connectivity index (χ1) is 16.8. The Morgan fingerprint density at radius 3 is 2.51 bits per heavy atom. The molecule has 0 unspecified atom stereocenters. The first-order valence-electron chi connectivity index (χ1n) is 11.6. The molecular weight excluding hydrogens is 466 g/mol. The number of furan rings is 1. The van der Waals surface area contributed by atoms with Gasteiger partial charge in [-0.15, -0.1) is 0 Å². The fourth-order valence-corrected chi connectivity index (χ4v) is 4.43. The van der Waals surface area contributed by atoms with Gasteiger partial charge in [-0.25, -0.2) is 0 Å². The van der Waals surface area contributed by atoms with Crippen LogP contribution >= 0.6 is 0 Å². The topological polar surface area (TPSA) is 79.9 Å². The Kier molecular flexibility index (Phi) is 7.95. The molecule has 0 aliphatic rings. The van der Waals surface area contributed by atoms with Crippen molar-refractivity contribution in [3.63, 3.8) is 0 Å². The maximum Gasteiger partial charge on any atom is 0.264 e. The summed E-state index contributed by atoms with van der Waals surface area (Å²) in [4.78, 5) is 0. The number of para-hydroxylation sites is 1. The molecule has 1 atom stereocenters. The van der Waals surface area contributed by atoms with Gasteiger partial charge < -0.3 is 18.5 Å². The minimum Gasteiger partial charge on any atom is -0.492 e. The van der Waals surface area contributed by atoms with Gasteiger partial charge in [0.05, 0.1) is 31.2 Å². The molecular formula is C27H31NO6S. The van der Waals surface area contributed by atoms with Gasteiger partial charge in [-0.2, -0.15) is 8.42 Å². The quantitative estimate of drug-likeness (QED) is 0.250. The summed E-state index contributed by atoms with van der Waals surface area (Å²) in [6, 6.07) is 22.0. The number of hydrogen-bond acceptors (Lipinski definition) is 6. The molecule has 0 N–H and O–H groups in total. The van der Waals surface area contributed by atoms with Crippen LogP contribution in [0.5, 0.6) is 5.75 Å². The van der Waals surface area contributed by atoms with Gasteiger partial charge in [0.1, 0.15) is 17.9 Å². The molecule has 0 radical (unpaired) electrons. The summed E-state index contributed by atoms with van der Waals surface area (Å²) >= 11 is 0. The van der Waals surface area contributed by atoms with Gasteiger partial charge in [-0.05, 0) is 55.8 Å². The summed E-state index contributed by atoms with van der Waals surface area (Å²) in [6.07, 6.45) is 1.25. The van der Waals surface area contributed by atoms with Gasteiger partial charge in [-0.1, -0.05) is 30.3 Å². The third-order valence-electron chi connectivity index (χ3n) is 5.72. The van der Waals surface area contributed by atoms with E-state index in [9.17, 15) is 8.42 Å². The van der Waals surface area contributed by atoms with E-state index >= 15 is 0 Å². The largest absolute Gasteiger partial charge is 0.492 e. The van der Waals surface area contributed by atoms with E-state index < -0.39 is 10.1 Å². The molecule has 0 aliphatic carbocycles. The van der Waals surface area contributed by atoms with Crippen LogP contribution in [0.3, 0.4) is 0 Å². The van der Waals surface area contributed by atoms with Crippen molar-refractivity contribution in [2.75, 3.05) is 26.1 Å². The minimum atomic E-state index is -3.50. The molecule has 186 valence electrons. The molecule has 2 aromatic carbocycles. The zero-order valence-corrected chi connectivity index (χ0v) is 21.1. The summed E-state index contributed by atoms with van der Waals surface area (Å²) in [7, 11) is -3.50. The van der Waals surface area contributed by atoms with Gasteiger partial charge in [0.2, 0.25) is 0 Å². The van der Waals surface area contributed by atoms with E-state index in [1.54, 1.807) is 0 Å². The summed E-state index contributed by atoms with van der Waals surface area (Å²) in [5.74, 6) is 1.61. The number of aryl methyl sites for hydroxylation is 1. The molecule has 0 fully saturated rings. The molecule has 0 amide bonds. The second-order valence-electron chi connectivity index (χ2n) is 8.42. The Morgan fingerprint density at radius 1 is 1.03 bits per heavy atom. The summed E-state index contributed by atoms with van der Waals surface area (Å²) < 4.78 is 47.4. The normalized spacial score (nSPS) is 12.8. The van der Waals surface area contributed by atoms with E-state index in [1.807, 2.05) is 55.5 Å². The van der Waals surface area contributed by atoms with Crippen molar-refractivity contribution in [3.8, 4) is 17.2 Å². The third kappa shape index (κ3) is 6.75. The van der Waals surface area contributed by atoms with Crippen molar-refractivity contribution in [1.82, 2.24) is 4.57 Å². The van der Waals surface area contributed by atoms with Crippen molar-refractivity contribution in [2.24, 2.45) is 0 Å². The lowest BCUT2D eigenvalue weighted by molar-refractivity contribution is 0.0301. The van der Waals surface area contributed by atoms with E-state index in [0.717, 1.165) is 45.7 Å². The van der Waals surface area contributed by atoms with Crippen LogP contribution in [0.25, 0.3) is 22.4 Å². The van der Waals surface area contributed by atoms with Crippen LogP contribution in [0.2, 0.25) is 0 Å². The lowest BCUT2D eigenvalue weighted by atomic mass is 10.1. The third-order valence-corrected chi connectivity index (χ3v) is 6.28. The molecule has 0 saturated heterocycles. The van der Waals surface area contributed by atoms with Crippen molar-refractivity contribution >= 4 is 21.1 Å². The smallest absolute Gasteiger partial charge is 0.264 e. The molecule has 2 heterocycles. The predicted octanol–water partition coefficient (Wildman–Crippen LogP) is 5.21. The Morgan fingerprint density at radius 2 is 1.80 bits per heavy atom. The fourth-order valence-electron chi connectivity index (χ4n) is 4.03. The Labute approximate surface area is 206 Å². The average molecular weight is 498 g/mol. The van der Waals surface area contributed by atoms with Crippen molar-refractivity contribution < 1.29 is 26.5 Å². The zero-order chi connectivity index (χ0) is 24.8. The highest BCUT2D eigenvalue weighted by molar-refractivity contribution is 7.85. The van der Waals surface area contributed by atoms with Crippen LogP contribution < -0.4 is 4.74 Å². The highest BCUT2D eigenvalue weighted by Gasteiger charge is 2.15. The molecule has 4 aromatic rings. The summed E-state index contributed by atoms with van der Waals surface area (Å²) in [5, 5.41) is 1.08. The standard InChI is InChI=1S/C27H31NO6S/c1-4-31-24(19-33-35(3,29)30)17-21-10-12-23(13-11-21)32-16-15-28-20(2)9-14-25(28)27-18-22-7-5-6-8-26(22)34-27/h5-14,18,24H,4,15-17,19H2,1-3H3/t24-/m0/s1. The van der Waals surface area contributed by atoms with Crippen LogP contribution in [0.4, 0.5) is 0 Å². The highest BCUT2D eigenvalue weighted by atomic mass is 32.2. The lowest BCUT2D eigenvalue weighted by Gasteiger charge is -2.17. The Balaban J connectivity index is 1.35. The summed E-state index contributed by atoms with van der Waals surface area (Å²) in [5.41, 5.74) is 4.05. The molecule has 4 rings (SSSR count). The number of ether oxygens (including phenoxy) is 2. The number of fused-ring (bicyclic) bond motifs is 1. The molecule has 0 aliphatic heterocycles. The van der Waals surface area contributed by atoms with E-state index in [-0.39, 0.29) is 12.7 Å². The van der Waals surface area contributed by atoms with E-state index in [2.05, 4.69) is 29.7 Å². The Hall–Kier alpha value is -3.07. The monoisotopic (exact) mass is 497 g/mol. The van der Waals surface area contributed by atoms with E-state index in [1.165, 1.54) is 0 Å². The molecule has 0 bridgehead atoms. The molecule has 2 aromatic heterocycles. The Bertz CT molecular complexity index is 1320. The number of nitrogens with zero attached hydrogens (tertiary/aromatic N) is 1. The van der Waals surface area contributed by atoms with Crippen molar-refractivity contribution in [3.05, 3.63) is 78.0 Å². The van der Waals surface area contributed by atoms with Gasteiger partial charge in [0.15, 0.2) is 5.76 Å². The van der Waals surface area contributed by atoms with Gasteiger partial charge in [-0.3, -0.25) is 4.18 Å². The number of hydrogen-bond donors (Lipinski definition) is 0. The van der Waals surface area contributed by atoms with Crippen molar-refractivity contribution in [2.45, 2.75) is 32.9 Å². The predicted molar refractivity (Wildman–Crippen MR) is 136 cm³/mol. The first kappa shape index (κ1) is 25.0. The van der Waals surface area contributed by atoms with Crippen LogP contribution in [-0.4, -0.2) is 45.2 Å².